The Morgan fingerprint density at radius 3 is 2.69 bits per heavy atom. The van der Waals surface area contributed by atoms with E-state index >= 15 is 0 Å². The fraction of sp³-hybridized carbons (Fsp3) is 0.375. The SMILES string of the molecule is CS(=O)(=O)N(CC(=O)NC1CCS(=O)(=O)C1)c1cccc2cccnc12. The van der Waals surface area contributed by atoms with E-state index in [1.54, 1.807) is 36.5 Å². The number of pyridine rings is 1. The number of carbonyl (C=O) groups excluding carboxylic acids is 1. The van der Waals surface area contributed by atoms with Crippen molar-refractivity contribution >= 4 is 42.4 Å². The Morgan fingerprint density at radius 2 is 2.04 bits per heavy atom. The lowest BCUT2D eigenvalue weighted by atomic mass is 10.2. The third-order valence-electron chi connectivity index (χ3n) is 4.17. The summed E-state index contributed by atoms with van der Waals surface area (Å²) in [5.41, 5.74) is 0.775. The summed E-state index contributed by atoms with van der Waals surface area (Å²) in [7, 11) is -6.88. The first-order valence-corrected chi connectivity index (χ1v) is 11.6. The first-order valence-electron chi connectivity index (χ1n) is 7.97. The van der Waals surface area contributed by atoms with Gasteiger partial charge < -0.3 is 5.32 Å². The van der Waals surface area contributed by atoms with Gasteiger partial charge in [0, 0.05) is 17.6 Å². The molecule has 2 heterocycles. The van der Waals surface area contributed by atoms with Crippen molar-refractivity contribution in [2.24, 2.45) is 0 Å². The molecule has 1 fully saturated rings. The molecule has 0 spiro atoms. The lowest BCUT2D eigenvalue weighted by molar-refractivity contribution is -0.120. The summed E-state index contributed by atoms with van der Waals surface area (Å²) < 4.78 is 48.5. The van der Waals surface area contributed by atoms with E-state index in [-0.39, 0.29) is 11.5 Å². The van der Waals surface area contributed by atoms with Crippen molar-refractivity contribution in [3.8, 4) is 0 Å². The van der Waals surface area contributed by atoms with Crippen molar-refractivity contribution in [1.82, 2.24) is 10.3 Å². The molecule has 2 aromatic rings. The topological polar surface area (TPSA) is 114 Å². The van der Waals surface area contributed by atoms with Gasteiger partial charge in [0.25, 0.3) is 0 Å². The van der Waals surface area contributed by atoms with Crippen molar-refractivity contribution in [3.05, 3.63) is 36.5 Å². The third kappa shape index (κ3) is 4.13. The highest BCUT2D eigenvalue weighted by atomic mass is 32.2. The van der Waals surface area contributed by atoms with Gasteiger partial charge in [-0.3, -0.25) is 14.1 Å². The smallest absolute Gasteiger partial charge is 0.241 e. The number of sulfone groups is 1. The number of fused-ring (bicyclic) bond motifs is 1. The van der Waals surface area contributed by atoms with Crippen LogP contribution in [0.2, 0.25) is 0 Å². The number of nitrogens with zero attached hydrogens (tertiary/aromatic N) is 2. The summed E-state index contributed by atoms with van der Waals surface area (Å²) in [6.07, 6.45) is 2.90. The van der Waals surface area contributed by atoms with Crippen LogP contribution in [0.1, 0.15) is 6.42 Å². The summed E-state index contributed by atoms with van der Waals surface area (Å²) in [4.78, 5) is 16.6. The van der Waals surface area contributed by atoms with E-state index < -0.39 is 38.4 Å². The minimum absolute atomic E-state index is 0.0288. The molecule has 1 unspecified atom stereocenters. The van der Waals surface area contributed by atoms with Crippen LogP contribution >= 0.6 is 0 Å². The molecule has 26 heavy (non-hydrogen) atoms. The first-order chi connectivity index (χ1) is 12.2. The number of benzene rings is 1. The van der Waals surface area contributed by atoms with Gasteiger partial charge in [0.1, 0.15) is 6.54 Å². The van der Waals surface area contributed by atoms with Crippen LogP contribution in [0.25, 0.3) is 10.9 Å². The molecule has 140 valence electrons. The maximum absolute atomic E-state index is 12.3. The van der Waals surface area contributed by atoms with E-state index in [0.717, 1.165) is 15.9 Å². The second-order valence-corrected chi connectivity index (χ2v) is 10.4. The van der Waals surface area contributed by atoms with Gasteiger partial charge in [-0.1, -0.05) is 18.2 Å². The van der Waals surface area contributed by atoms with Gasteiger partial charge in [-0.2, -0.15) is 0 Å². The van der Waals surface area contributed by atoms with Gasteiger partial charge in [-0.05, 0) is 18.6 Å². The van der Waals surface area contributed by atoms with E-state index in [2.05, 4.69) is 10.3 Å². The van der Waals surface area contributed by atoms with Crippen LogP contribution in [-0.4, -0.2) is 58.1 Å². The summed E-state index contributed by atoms with van der Waals surface area (Å²) >= 11 is 0. The molecule has 8 nitrogen and oxygen atoms in total. The molecule has 1 aliphatic heterocycles. The molecule has 10 heteroatoms. The third-order valence-corrected chi connectivity index (χ3v) is 7.06. The van der Waals surface area contributed by atoms with Crippen LogP contribution in [0.3, 0.4) is 0 Å². The molecule has 1 aromatic carbocycles. The predicted octanol–water partition coefficient (Wildman–Crippen LogP) is 0.304. The van der Waals surface area contributed by atoms with E-state index in [9.17, 15) is 21.6 Å². The van der Waals surface area contributed by atoms with E-state index in [1.165, 1.54) is 0 Å². The predicted molar refractivity (Wildman–Crippen MR) is 99.1 cm³/mol. The first kappa shape index (κ1) is 18.6. The largest absolute Gasteiger partial charge is 0.351 e. The molecule has 0 bridgehead atoms. The number of rotatable bonds is 5. The van der Waals surface area contributed by atoms with Crippen LogP contribution < -0.4 is 9.62 Å². The fourth-order valence-corrected chi connectivity index (χ4v) is 5.51. The molecule has 0 saturated carbocycles. The standard InChI is InChI=1S/C16H19N3O5S2/c1-25(21,22)19(10-15(20)18-13-7-9-26(23,24)11-13)14-6-2-4-12-5-3-8-17-16(12)14/h2-6,8,13H,7,9-11H2,1H3,(H,18,20). The minimum Gasteiger partial charge on any atom is -0.351 e. The van der Waals surface area contributed by atoms with Crippen molar-refractivity contribution in [3.63, 3.8) is 0 Å². The van der Waals surface area contributed by atoms with Crippen molar-refractivity contribution in [2.75, 3.05) is 28.6 Å². The van der Waals surface area contributed by atoms with E-state index in [0.29, 0.717) is 17.6 Å². The molecule has 1 saturated heterocycles. The zero-order valence-corrected chi connectivity index (χ0v) is 15.8. The second kappa shape index (κ2) is 6.84. The quantitative estimate of drug-likeness (QED) is 0.776. The zero-order valence-electron chi connectivity index (χ0n) is 14.1. The number of carbonyl (C=O) groups is 1. The number of aromatic nitrogens is 1. The lowest BCUT2D eigenvalue weighted by Gasteiger charge is -2.23. The number of sulfonamides is 1. The number of amides is 1. The molecule has 3 rings (SSSR count). The summed E-state index contributed by atoms with van der Waals surface area (Å²) in [5.74, 6) is -0.639. The fourth-order valence-electron chi connectivity index (χ4n) is 2.98. The van der Waals surface area contributed by atoms with Crippen LogP contribution in [0.15, 0.2) is 36.5 Å². The number of para-hydroxylation sites is 1. The van der Waals surface area contributed by atoms with Gasteiger partial charge >= 0.3 is 0 Å². The molecular weight excluding hydrogens is 378 g/mol. The molecule has 0 aliphatic carbocycles. The average Bonchev–Trinajstić information content (AvgIpc) is 2.90. The Balaban J connectivity index is 1.86. The average molecular weight is 397 g/mol. The molecule has 0 radical (unpaired) electrons. The van der Waals surface area contributed by atoms with Crippen LogP contribution in [0.5, 0.6) is 0 Å². The summed E-state index contributed by atoms with van der Waals surface area (Å²) in [6.45, 7) is -0.439. The van der Waals surface area contributed by atoms with Gasteiger partial charge in [0.15, 0.2) is 9.84 Å². The van der Waals surface area contributed by atoms with Crippen molar-refractivity contribution in [1.29, 1.82) is 0 Å². The normalized spacial score (nSPS) is 19.3. The van der Waals surface area contributed by atoms with Gasteiger partial charge in [-0.15, -0.1) is 0 Å². The maximum Gasteiger partial charge on any atom is 0.241 e. The van der Waals surface area contributed by atoms with Gasteiger partial charge in [0.05, 0.1) is 29.0 Å². The van der Waals surface area contributed by atoms with Crippen molar-refractivity contribution in [2.45, 2.75) is 12.5 Å². The summed E-state index contributed by atoms with van der Waals surface area (Å²) in [5, 5.41) is 3.36. The number of hydrogen-bond donors (Lipinski definition) is 1. The van der Waals surface area contributed by atoms with E-state index in [1.807, 2.05) is 0 Å². The monoisotopic (exact) mass is 397 g/mol. The Kier molecular flexibility index (Phi) is 4.89. The Morgan fingerprint density at radius 1 is 1.31 bits per heavy atom. The Hall–Kier alpha value is -2.20. The molecule has 1 amide bonds. The highest BCUT2D eigenvalue weighted by molar-refractivity contribution is 7.92. The molecule has 1 atom stereocenters. The van der Waals surface area contributed by atoms with Crippen LogP contribution in [0.4, 0.5) is 5.69 Å². The molecule has 1 N–H and O–H groups in total. The summed E-state index contributed by atoms with van der Waals surface area (Å²) in [6, 6.07) is 8.14. The Labute approximate surface area is 152 Å². The highest BCUT2D eigenvalue weighted by Crippen LogP contribution is 2.26. The van der Waals surface area contributed by atoms with Crippen LogP contribution in [-0.2, 0) is 24.7 Å². The van der Waals surface area contributed by atoms with Crippen LogP contribution in [0, 0.1) is 0 Å². The molecular formula is C16H19N3O5S2. The van der Waals surface area contributed by atoms with Gasteiger partial charge in [-0.25, -0.2) is 16.8 Å². The number of nitrogens with one attached hydrogen (secondary N) is 1. The van der Waals surface area contributed by atoms with E-state index in [4.69, 9.17) is 0 Å². The highest BCUT2D eigenvalue weighted by Gasteiger charge is 2.30. The molecule has 1 aromatic heterocycles. The number of anilines is 1. The second-order valence-electron chi connectivity index (χ2n) is 6.29. The van der Waals surface area contributed by atoms with Gasteiger partial charge in [0.2, 0.25) is 15.9 Å². The molecule has 1 aliphatic rings. The maximum atomic E-state index is 12.3. The Bertz CT molecular complexity index is 1050. The lowest BCUT2D eigenvalue weighted by Crippen LogP contribution is -2.44. The van der Waals surface area contributed by atoms with Crippen molar-refractivity contribution < 1.29 is 21.6 Å². The number of hydrogen-bond acceptors (Lipinski definition) is 6. The minimum atomic E-state index is -3.75. The zero-order chi connectivity index (χ0) is 18.9.